The third-order valence-corrected chi connectivity index (χ3v) is 8.19. The number of amides is 2. The van der Waals surface area contributed by atoms with Crippen molar-refractivity contribution in [2.24, 2.45) is 0 Å². The highest BCUT2D eigenvalue weighted by molar-refractivity contribution is 7.89. The molecule has 0 radical (unpaired) electrons. The van der Waals surface area contributed by atoms with E-state index in [9.17, 15) is 22.4 Å². The molecule has 3 aromatic carbocycles. The summed E-state index contributed by atoms with van der Waals surface area (Å²) >= 11 is 0. The van der Waals surface area contributed by atoms with Crippen LogP contribution in [-0.2, 0) is 32.6 Å². The minimum Gasteiger partial charge on any atom is -0.352 e. The van der Waals surface area contributed by atoms with Crippen LogP contribution in [0.3, 0.4) is 0 Å². The molecule has 9 heteroatoms. The lowest BCUT2D eigenvalue weighted by atomic mass is 10.0. The summed E-state index contributed by atoms with van der Waals surface area (Å²) in [6.45, 7) is 3.69. The molecule has 0 saturated carbocycles. The molecule has 2 amide bonds. The highest BCUT2D eigenvalue weighted by Crippen LogP contribution is 2.19. The van der Waals surface area contributed by atoms with E-state index in [1.54, 1.807) is 36.4 Å². The maximum absolute atomic E-state index is 14.7. The van der Waals surface area contributed by atoms with Crippen molar-refractivity contribution in [2.45, 2.75) is 56.6 Å². The molecule has 0 heterocycles. The van der Waals surface area contributed by atoms with Crippen LogP contribution in [0.4, 0.5) is 4.39 Å². The Balaban J connectivity index is 1.83. The van der Waals surface area contributed by atoms with Crippen molar-refractivity contribution in [1.82, 2.24) is 14.5 Å². The predicted molar refractivity (Wildman–Crippen MR) is 150 cm³/mol. The standard InChI is InChI=1S/C30H36FN3O4S/c1-23(2)32-30(36)28(21-24-13-6-4-7-14-24)34(22-25-15-10-11-18-27(25)31)29(35)19-12-20-33(3)39(37,38)26-16-8-5-9-17-26/h4-11,13-18,23,28H,12,19-22H2,1-3H3,(H,32,36)/t28-/m0/s1. The molecule has 0 spiro atoms. The van der Waals surface area contributed by atoms with Crippen molar-refractivity contribution in [3.8, 4) is 0 Å². The van der Waals surface area contributed by atoms with Gasteiger partial charge in [-0.2, -0.15) is 0 Å². The van der Waals surface area contributed by atoms with Gasteiger partial charge in [0.2, 0.25) is 21.8 Å². The van der Waals surface area contributed by atoms with Crippen molar-refractivity contribution in [1.29, 1.82) is 0 Å². The molecule has 0 aliphatic heterocycles. The Hall–Kier alpha value is -3.56. The fraction of sp³-hybridized carbons (Fsp3) is 0.333. The third kappa shape index (κ3) is 8.46. The Kier molecular flexibility index (Phi) is 10.8. The second kappa shape index (κ2) is 14.0. The van der Waals surface area contributed by atoms with Gasteiger partial charge in [0.15, 0.2) is 0 Å². The first-order valence-electron chi connectivity index (χ1n) is 13.0. The highest BCUT2D eigenvalue weighted by Gasteiger charge is 2.31. The second-order valence-corrected chi connectivity index (χ2v) is 11.8. The molecule has 0 bridgehead atoms. The minimum absolute atomic E-state index is 0.0106. The van der Waals surface area contributed by atoms with E-state index < -0.39 is 21.9 Å². The second-order valence-electron chi connectivity index (χ2n) is 9.73. The number of benzene rings is 3. The fourth-order valence-corrected chi connectivity index (χ4v) is 5.46. The monoisotopic (exact) mass is 553 g/mol. The van der Waals surface area contributed by atoms with Gasteiger partial charge in [-0.25, -0.2) is 17.1 Å². The normalized spacial score (nSPS) is 12.4. The van der Waals surface area contributed by atoms with Gasteiger partial charge in [-0.3, -0.25) is 9.59 Å². The first kappa shape index (κ1) is 30.0. The first-order valence-corrected chi connectivity index (χ1v) is 14.4. The lowest BCUT2D eigenvalue weighted by Gasteiger charge is -2.32. The van der Waals surface area contributed by atoms with E-state index in [1.165, 1.54) is 34.5 Å². The summed E-state index contributed by atoms with van der Waals surface area (Å²) in [6.07, 6.45) is 0.476. The molecule has 1 atom stereocenters. The molecule has 39 heavy (non-hydrogen) atoms. The van der Waals surface area contributed by atoms with Crippen LogP contribution in [0.2, 0.25) is 0 Å². The quantitative estimate of drug-likeness (QED) is 0.340. The van der Waals surface area contributed by atoms with Crippen molar-refractivity contribution in [2.75, 3.05) is 13.6 Å². The number of hydrogen-bond donors (Lipinski definition) is 1. The summed E-state index contributed by atoms with van der Waals surface area (Å²) in [7, 11) is -2.23. The molecule has 0 aliphatic rings. The van der Waals surface area contributed by atoms with Crippen LogP contribution in [0, 0.1) is 5.82 Å². The molecule has 0 unspecified atom stereocenters. The topological polar surface area (TPSA) is 86.8 Å². The molecule has 3 aromatic rings. The predicted octanol–water partition coefficient (Wildman–Crippen LogP) is 4.39. The molecule has 0 fully saturated rings. The largest absolute Gasteiger partial charge is 0.352 e. The number of sulfonamides is 1. The number of nitrogens with zero attached hydrogens (tertiary/aromatic N) is 2. The van der Waals surface area contributed by atoms with Crippen LogP contribution in [-0.4, -0.2) is 55.1 Å². The summed E-state index contributed by atoms with van der Waals surface area (Å²) in [5.74, 6) is -1.15. The van der Waals surface area contributed by atoms with E-state index in [1.807, 2.05) is 44.2 Å². The average Bonchev–Trinajstić information content (AvgIpc) is 2.92. The Bertz CT molecular complexity index is 1330. The molecule has 1 N–H and O–H groups in total. The number of hydrogen-bond acceptors (Lipinski definition) is 4. The zero-order valence-electron chi connectivity index (χ0n) is 22.6. The van der Waals surface area contributed by atoms with E-state index in [4.69, 9.17) is 0 Å². The fourth-order valence-electron chi connectivity index (χ4n) is 4.23. The lowest BCUT2D eigenvalue weighted by molar-refractivity contribution is -0.141. The summed E-state index contributed by atoms with van der Waals surface area (Å²) in [5.41, 5.74) is 1.16. The SMILES string of the molecule is CC(C)NC(=O)[C@H](Cc1ccccc1)N(Cc1ccccc1F)C(=O)CCCN(C)S(=O)(=O)c1ccccc1. The highest BCUT2D eigenvalue weighted by atomic mass is 32.2. The van der Waals surface area contributed by atoms with Gasteiger partial charge >= 0.3 is 0 Å². The minimum atomic E-state index is -3.70. The number of carbonyl (C=O) groups is 2. The number of nitrogens with one attached hydrogen (secondary N) is 1. The van der Waals surface area contributed by atoms with Gasteiger partial charge in [-0.05, 0) is 44.0 Å². The summed E-state index contributed by atoms with van der Waals surface area (Å²) in [5, 5.41) is 2.90. The summed E-state index contributed by atoms with van der Waals surface area (Å²) in [4.78, 5) is 28.6. The van der Waals surface area contributed by atoms with Gasteiger partial charge < -0.3 is 10.2 Å². The van der Waals surface area contributed by atoms with E-state index in [-0.39, 0.29) is 55.1 Å². The van der Waals surface area contributed by atoms with E-state index in [0.717, 1.165) is 5.56 Å². The van der Waals surface area contributed by atoms with E-state index >= 15 is 0 Å². The van der Waals surface area contributed by atoms with Gasteiger partial charge in [0.1, 0.15) is 11.9 Å². The lowest BCUT2D eigenvalue weighted by Crippen LogP contribution is -2.52. The summed E-state index contributed by atoms with van der Waals surface area (Å²) < 4.78 is 41.6. The molecule has 0 aromatic heterocycles. The van der Waals surface area contributed by atoms with Gasteiger partial charge in [0.25, 0.3) is 0 Å². The molecular formula is C30H36FN3O4S. The first-order chi connectivity index (χ1) is 18.6. The van der Waals surface area contributed by atoms with Crippen LogP contribution in [0.1, 0.15) is 37.8 Å². The third-order valence-electron chi connectivity index (χ3n) is 6.32. The zero-order chi connectivity index (χ0) is 28.4. The number of halogens is 1. The van der Waals surface area contributed by atoms with Crippen molar-refractivity contribution >= 4 is 21.8 Å². The van der Waals surface area contributed by atoms with Crippen LogP contribution in [0.15, 0.2) is 89.8 Å². The maximum Gasteiger partial charge on any atom is 0.243 e. The smallest absolute Gasteiger partial charge is 0.243 e. The van der Waals surface area contributed by atoms with Crippen molar-refractivity contribution in [3.63, 3.8) is 0 Å². The van der Waals surface area contributed by atoms with Gasteiger partial charge in [0.05, 0.1) is 4.90 Å². The number of carbonyl (C=O) groups excluding carboxylic acids is 2. The van der Waals surface area contributed by atoms with E-state index in [2.05, 4.69) is 5.32 Å². The Labute approximate surface area is 230 Å². The van der Waals surface area contributed by atoms with Crippen molar-refractivity contribution < 1.29 is 22.4 Å². The van der Waals surface area contributed by atoms with Gasteiger partial charge in [0, 0.05) is 44.6 Å². The Morgan fingerprint density at radius 3 is 2.10 bits per heavy atom. The van der Waals surface area contributed by atoms with Crippen LogP contribution in [0.25, 0.3) is 0 Å². The van der Waals surface area contributed by atoms with Crippen molar-refractivity contribution in [3.05, 3.63) is 102 Å². The summed E-state index contributed by atoms with van der Waals surface area (Å²) in [6, 6.07) is 22.6. The molecular weight excluding hydrogens is 517 g/mol. The molecule has 7 nitrogen and oxygen atoms in total. The van der Waals surface area contributed by atoms with Gasteiger partial charge in [-0.15, -0.1) is 0 Å². The molecule has 208 valence electrons. The van der Waals surface area contributed by atoms with Crippen LogP contribution >= 0.6 is 0 Å². The van der Waals surface area contributed by atoms with Gasteiger partial charge in [-0.1, -0.05) is 66.7 Å². The Morgan fingerprint density at radius 1 is 0.897 bits per heavy atom. The van der Waals surface area contributed by atoms with Crippen LogP contribution < -0.4 is 5.32 Å². The molecule has 3 rings (SSSR count). The molecule has 0 aliphatic carbocycles. The maximum atomic E-state index is 14.7. The van der Waals surface area contributed by atoms with Crippen LogP contribution in [0.5, 0.6) is 0 Å². The Morgan fingerprint density at radius 2 is 1.49 bits per heavy atom. The molecule has 0 saturated heterocycles. The number of rotatable bonds is 13. The zero-order valence-corrected chi connectivity index (χ0v) is 23.4. The average molecular weight is 554 g/mol. The van der Waals surface area contributed by atoms with E-state index in [0.29, 0.717) is 5.56 Å².